The summed E-state index contributed by atoms with van der Waals surface area (Å²) in [6, 6.07) is 16.9. The molecular formula is C22H30BrNO3. The van der Waals surface area contributed by atoms with Crippen LogP contribution in [0.2, 0.25) is 0 Å². The molecule has 27 heavy (non-hydrogen) atoms. The standard InChI is InChI=1S/C22H30BrNO3/c1-18(2)24(17-19-8-5-4-6-9-19)12-7-13-27-22-11-10-20(16-21(22)23)26-15-14-25-3/h4-6,8-11,16,18H,7,12-15,17H2,1-3H3. The van der Waals surface area contributed by atoms with E-state index in [0.717, 1.165) is 35.5 Å². The second kappa shape index (κ2) is 12.0. The summed E-state index contributed by atoms with van der Waals surface area (Å²) in [7, 11) is 1.66. The molecule has 2 aromatic carbocycles. The van der Waals surface area contributed by atoms with Gasteiger partial charge in [0, 0.05) is 26.2 Å². The van der Waals surface area contributed by atoms with Crippen LogP contribution in [0.1, 0.15) is 25.8 Å². The highest BCUT2D eigenvalue weighted by molar-refractivity contribution is 9.10. The molecule has 4 nitrogen and oxygen atoms in total. The van der Waals surface area contributed by atoms with Gasteiger partial charge in [0.1, 0.15) is 18.1 Å². The molecule has 0 aliphatic rings. The minimum absolute atomic E-state index is 0.500. The summed E-state index contributed by atoms with van der Waals surface area (Å²) < 4.78 is 17.4. The first kappa shape index (κ1) is 21.7. The van der Waals surface area contributed by atoms with Crippen LogP contribution in [0.5, 0.6) is 11.5 Å². The summed E-state index contributed by atoms with van der Waals surface area (Å²) in [4.78, 5) is 2.47. The molecule has 0 radical (unpaired) electrons. The van der Waals surface area contributed by atoms with E-state index in [1.807, 2.05) is 18.2 Å². The maximum Gasteiger partial charge on any atom is 0.133 e. The van der Waals surface area contributed by atoms with Crippen LogP contribution in [0, 0.1) is 0 Å². The molecule has 0 unspecified atom stereocenters. The zero-order valence-electron chi connectivity index (χ0n) is 16.5. The molecule has 0 bridgehead atoms. The van der Waals surface area contributed by atoms with Gasteiger partial charge in [0.2, 0.25) is 0 Å². The second-order valence-electron chi connectivity index (χ2n) is 6.69. The molecule has 0 amide bonds. The molecule has 148 valence electrons. The maximum absolute atomic E-state index is 5.94. The molecule has 0 fully saturated rings. The molecule has 0 aliphatic heterocycles. The molecule has 2 rings (SSSR count). The van der Waals surface area contributed by atoms with Crippen molar-refractivity contribution in [2.75, 3.05) is 33.5 Å². The predicted octanol–water partition coefficient (Wildman–Crippen LogP) is 5.15. The number of methoxy groups -OCH3 is 1. The van der Waals surface area contributed by atoms with Crippen molar-refractivity contribution in [2.45, 2.75) is 32.9 Å². The zero-order valence-corrected chi connectivity index (χ0v) is 18.1. The molecule has 2 aromatic rings. The van der Waals surface area contributed by atoms with Crippen LogP contribution in [0.3, 0.4) is 0 Å². The largest absolute Gasteiger partial charge is 0.492 e. The Labute approximate surface area is 171 Å². The van der Waals surface area contributed by atoms with Crippen molar-refractivity contribution >= 4 is 15.9 Å². The van der Waals surface area contributed by atoms with Crippen molar-refractivity contribution in [3.63, 3.8) is 0 Å². The van der Waals surface area contributed by atoms with Crippen molar-refractivity contribution < 1.29 is 14.2 Å². The third-order valence-electron chi connectivity index (χ3n) is 4.27. The summed E-state index contributed by atoms with van der Waals surface area (Å²) in [6.45, 7) is 8.24. The lowest BCUT2D eigenvalue weighted by atomic mass is 10.2. The highest BCUT2D eigenvalue weighted by Crippen LogP contribution is 2.29. The van der Waals surface area contributed by atoms with Gasteiger partial charge in [-0.05, 0) is 60.0 Å². The van der Waals surface area contributed by atoms with Crippen molar-refractivity contribution in [3.05, 3.63) is 58.6 Å². The van der Waals surface area contributed by atoms with Crippen LogP contribution in [-0.4, -0.2) is 44.4 Å². The molecular weight excluding hydrogens is 406 g/mol. The number of ether oxygens (including phenoxy) is 3. The molecule has 0 saturated heterocycles. The maximum atomic E-state index is 5.94. The van der Waals surface area contributed by atoms with Crippen LogP contribution in [0.25, 0.3) is 0 Å². The van der Waals surface area contributed by atoms with Gasteiger partial charge in [0.25, 0.3) is 0 Å². The van der Waals surface area contributed by atoms with Crippen molar-refractivity contribution in [2.24, 2.45) is 0 Å². The Morgan fingerprint density at radius 3 is 2.41 bits per heavy atom. The number of nitrogens with zero attached hydrogens (tertiary/aromatic N) is 1. The third kappa shape index (κ3) is 7.91. The summed E-state index contributed by atoms with van der Waals surface area (Å²) >= 11 is 3.56. The SMILES string of the molecule is COCCOc1ccc(OCCCN(Cc2ccccc2)C(C)C)c(Br)c1. The quantitative estimate of drug-likeness (QED) is 0.431. The van der Waals surface area contributed by atoms with Gasteiger partial charge < -0.3 is 14.2 Å². The minimum atomic E-state index is 0.500. The molecule has 0 atom stereocenters. The minimum Gasteiger partial charge on any atom is -0.492 e. The topological polar surface area (TPSA) is 30.9 Å². The molecule has 0 aromatic heterocycles. The van der Waals surface area contributed by atoms with E-state index in [-0.39, 0.29) is 0 Å². The third-order valence-corrected chi connectivity index (χ3v) is 4.89. The molecule has 0 spiro atoms. The Hall–Kier alpha value is -1.56. The van der Waals surface area contributed by atoms with E-state index in [1.54, 1.807) is 7.11 Å². The Morgan fingerprint density at radius 1 is 0.963 bits per heavy atom. The summed E-state index contributed by atoms with van der Waals surface area (Å²) in [5, 5.41) is 0. The summed E-state index contributed by atoms with van der Waals surface area (Å²) in [6.07, 6.45) is 0.976. The van der Waals surface area contributed by atoms with E-state index in [4.69, 9.17) is 14.2 Å². The average Bonchev–Trinajstić information content (AvgIpc) is 2.66. The summed E-state index contributed by atoms with van der Waals surface area (Å²) in [5.41, 5.74) is 1.35. The van der Waals surface area contributed by atoms with Crippen molar-refractivity contribution in [1.29, 1.82) is 0 Å². The van der Waals surface area contributed by atoms with E-state index < -0.39 is 0 Å². The Morgan fingerprint density at radius 2 is 1.74 bits per heavy atom. The fourth-order valence-electron chi connectivity index (χ4n) is 2.72. The van der Waals surface area contributed by atoms with Crippen LogP contribution in [-0.2, 0) is 11.3 Å². The van der Waals surface area contributed by atoms with Gasteiger partial charge in [-0.2, -0.15) is 0 Å². The Kier molecular flexibility index (Phi) is 9.67. The molecule has 0 aliphatic carbocycles. The fourth-order valence-corrected chi connectivity index (χ4v) is 3.19. The van der Waals surface area contributed by atoms with Gasteiger partial charge in [0.05, 0.1) is 17.7 Å². The van der Waals surface area contributed by atoms with Gasteiger partial charge >= 0.3 is 0 Å². The van der Waals surface area contributed by atoms with Gasteiger partial charge in [-0.15, -0.1) is 0 Å². The van der Waals surface area contributed by atoms with Gasteiger partial charge in [0.15, 0.2) is 0 Å². The van der Waals surface area contributed by atoms with Crippen molar-refractivity contribution in [3.8, 4) is 11.5 Å². The first-order valence-corrected chi connectivity index (χ1v) is 10.2. The smallest absolute Gasteiger partial charge is 0.133 e. The lowest BCUT2D eigenvalue weighted by Crippen LogP contribution is -2.32. The predicted molar refractivity (Wildman–Crippen MR) is 114 cm³/mol. The number of hydrogen-bond acceptors (Lipinski definition) is 4. The number of rotatable bonds is 12. The van der Waals surface area contributed by atoms with Crippen LogP contribution >= 0.6 is 15.9 Å². The molecule has 0 heterocycles. The summed E-state index contributed by atoms with van der Waals surface area (Å²) in [5.74, 6) is 1.65. The van der Waals surface area contributed by atoms with E-state index in [0.29, 0.717) is 25.9 Å². The normalized spacial score (nSPS) is 11.2. The number of hydrogen-bond donors (Lipinski definition) is 0. The van der Waals surface area contributed by atoms with Crippen LogP contribution in [0.15, 0.2) is 53.0 Å². The number of halogens is 1. The van der Waals surface area contributed by atoms with E-state index >= 15 is 0 Å². The monoisotopic (exact) mass is 435 g/mol. The van der Waals surface area contributed by atoms with Crippen molar-refractivity contribution in [1.82, 2.24) is 4.90 Å². The zero-order chi connectivity index (χ0) is 19.5. The van der Waals surface area contributed by atoms with Gasteiger partial charge in [-0.1, -0.05) is 30.3 Å². The van der Waals surface area contributed by atoms with E-state index in [9.17, 15) is 0 Å². The van der Waals surface area contributed by atoms with Crippen LogP contribution < -0.4 is 9.47 Å². The molecule has 0 N–H and O–H groups in total. The molecule has 0 saturated carbocycles. The average molecular weight is 436 g/mol. The number of benzene rings is 2. The lowest BCUT2D eigenvalue weighted by Gasteiger charge is -2.26. The van der Waals surface area contributed by atoms with Crippen LogP contribution in [0.4, 0.5) is 0 Å². The Bertz CT molecular complexity index is 664. The van der Waals surface area contributed by atoms with Gasteiger partial charge in [-0.3, -0.25) is 4.90 Å². The first-order chi connectivity index (χ1) is 13.1. The Balaban J connectivity index is 1.77. The van der Waals surface area contributed by atoms with Gasteiger partial charge in [-0.25, -0.2) is 0 Å². The highest BCUT2D eigenvalue weighted by Gasteiger charge is 2.10. The molecule has 5 heteroatoms. The van der Waals surface area contributed by atoms with E-state index in [1.165, 1.54) is 5.56 Å². The highest BCUT2D eigenvalue weighted by atomic mass is 79.9. The fraction of sp³-hybridized carbons (Fsp3) is 0.455. The lowest BCUT2D eigenvalue weighted by molar-refractivity contribution is 0.146. The van der Waals surface area contributed by atoms with E-state index in [2.05, 4.69) is 65.0 Å². The first-order valence-electron chi connectivity index (χ1n) is 9.42. The second-order valence-corrected chi connectivity index (χ2v) is 7.54.